The first kappa shape index (κ1) is 16.2. The molecule has 2 rings (SSSR count). The van der Waals surface area contributed by atoms with Crippen molar-refractivity contribution in [3.8, 4) is 0 Å². The quantitative estimate of drug-likeness (QED) is 0.769. The molecule has 0 amide bonds. The van der Waals surface area contributed by atoms with Gasteiger partial charge < -0.3 is 10.4 Å². The van der Waals surface area contributed by atoms with E-state index in [4.69, 9.17) is 0 Å². The number of nitrogens with zero attached hydrogens (tertiary/aromatic N) is 1. The van der Waals surface area contributed by atoms with E-state index < -0.39 is 9.84 Å². The summed E-state index contributed by atoms with van der Waals surface area (Å²) in [6.07, 6.45) is 5.24. The number of nitrogens with one attached hydrogen (secondary N) is 1. The molecule has 0 aromatic heterocycles. The van der Waals surface area contributed by atoms with Crippen LogP contribution in [0.15, 0.2) is 0 Å². The van der Waals surface area contributed by atoms with Gasteiger partial charge in [0.2, 0.25) is 0 Å². The third-order valence-electron chi connectivity index (χ3n) is 4.77. The summed E-state index contributed by atoms with van der Waals surface area (Å²) < 4.78 is 23.0. The molecular weight excluding hydrogens is 276 g/mol. The fourth-order valence-corrected chi connectivity index (χ4v) is 4.71. The maximum Gasteiger partial charge on any atom is 0.152 e. The summed E-state index contributed by atoms with van der Waals surface area (Å²) in [6, 6.07) is 0.413. The number of aliphatic hydroxyl groups excluding tert-OH is 1. The number of hydrogen-bond acceptors (Lipinski definition) is 5. The molecule has 2 fully saturated rings. The molecule has 2 atom stereocenters. The van der Waals surface area contributed by atoms with Crippen LogP contribution in [-0.2, 0) is 9.84 Å². The summed E-state index contributed by atoms with van der Waals surface area (Å²) in [5, 5.41) is 13.3. The van der Waals surface area contributed by atoms with Crippen LogP contribution < -0.4 is 5.32 Å². The lowest BCUT2D eigenvalue weighted by molar-refractivity contribution is 0.0628. The molecule has 2 N–H and O–H groups in total. The van der Waals surface area contributed by atoms with Gasteiger partial charge in [0.15, 0.2) is 9.84 Å². The fraction of sp³-hybridized carbons (Fsp3) is 1.00. The smallest absolute Gasteiger partial charge is 0.152 e. The molecule has 0 spiro atoms. The third-order valence-corrected chi connectivity index (χ3v) is 6.38. The van der Waals surface area contributed by atoms with Crippen LogP contribution in [0.2, 0.25) is 0 Å². The lowest BCUT2D eigenvalue weighted by Gasteiger charge is -2.45. The van der Waals surface area contributed by atoms with Crippen LogP contribution in [0.3, 0.4) is 0 Å². The van der Waals surface area contributed by atoms with Crippen molar-refractivity contribution in [1.82, 2.24) is 10.2 Å². The largest absolute Gasteiger partial charge is 0.394 e. The predicted molar refractivity (Wildman–Crippen MR) is 80.6 cm³/mol. The molecule has 0 radical (unpaired) electrons. The monoisotopic (exact) mass is 304 g/mol. The molecule has 2 aliphatic rings. The highest BCUT2D eigenvalue weighted by Crippen LogP contribution is 2.31. The Morgan fingerprint density at radius 2 is 2.05 bits per heavy atom. The maximum absolute atomic E-state index is 11.5. The van der Waals surface area contributed by atoms with Gasteiger partial charge in [-0.25, -0.2) is 8.42 Å². The van der Waals surface area contributed by atoms with E-state index in [2.05, 4.69) is 17.1 Å². The first-order valence-electron chi connectivity index (χ1n) is 7.81. The van der Waals surface area contributed by atoms with Gasteiger partial charge in [-0.05, 0) is 38.6 Å². The summed E-state index contributed by atoms with van der Waals surface area (Å²) in [5.41, 5.74) is -0.157. The van der Waals surface area contributed by atoms with Crippen LogP contribution in [0.5, 0.6) is 0 Å². The van der Waals surface area contributed by atoms with Gasteiger partial charge in [0.1, 0.15) is 0 Å². The molecule has 5 nitrogen and oxygen atoms in total. The maximum atomic E-state index is 11.5. The molecule has 1 heterocycles. The zero-order valence-corrected chi connectivity index (χ0v) is 13.3. The lowest BCUT2D eigenvalue weighted by atomic mass is 9.78. The molecule has 6 heteroatoms. The molecule has 1 saturated heterocycles. The van der Waals surface area contributed by atoms with E-state index in [1.165, 1.54) is 0 Å². The van der Waals surface area contributed by atoms with Crippen LogP contribution in [0.4, 0.5) is 0 Å². The van der Waals surface area contributed by atoms with Crippen molar-refractivity contribution in [2.24, 2.45) is 0 Å². The second-order valence-corrected chi connectivity index (χ2v) is 8.61. The molecule has 118 valence electrons. The zero-order valence-electron chi connectivity index (χ0n) is 12.5. The van der Waals surface area contributed by atoms with Crippen LogP contribution in [0.25, 0.3) is 0 Å². The summed E-state index contributed by atoms with van der Waals surface area (Å²) in [6.45, 7) is 4.55. The number of hydrogen-bond donors (Lipinski definition) is 2. The highest BCUT2D eigenvalue weighted by molar-refractivity contribution is 7.91. The molecular formula is C14H28N2O3S. The van der Waals surface area contributed by atoms with Crippen molar-refractivity contribution in [2.45, 2.75) is 50.6 Å². The van der Waals surface area contributed by atoms with E-state index in [0.717, 1.165) is 38.6 Å². The van der Waals surface area contributed by atoms with Crippen molar-refractivity contribution in [3.05, 3.63) is 0 Å². The van der Waals surface area contributed by atoms with Crippen molar-refractivity contribution in [1.29, 1.82) is 0 Å². The number of sulfone groups is 1. The van der Waals surface area contributed by atoms with Gasteiger partial charge in [0.05, 0.1) is 18.1 Å². The van der Waals surface area contributed by atoms with E-state index in [9.17, 15) is 13.5 Å². The van der Waals surface area contributed by atoms with E-state index in [1.807, 2.05) is 0 Å². The molecule has 1 aliphatic heterocycles. The molecule has 0 aromatic carbocycles. The van der Waals surface area contributed by atoms with Crippen LogP contribution in [0.1, 0.15) is 39.0 Å². The SMILES string of the molecule is CCCNC1(CO)CCCC(N2CCS(=O)(=O)CC2)C1. The van der Waals surface area contributed by atoms with Crippen molar-refractivity contribution < 1.29 is 13.5 Å². The Labute approximate surface area is 122 Å². The normalized spacial score (nSPS) is 35.0. The number of rotatable bonds is 5. The summed E-state index contributed by atoms with van der Waals surface area (Å²) >= 11 is 0. The van der Waals surface area contributed by atoms with E-state index in [1.54, 1.807) is 0 Å². The average Bonchev–Trinajstić information content (AvgIpc) is 2.45. The van der Waals surface area contributed by atoms with Gasteiger partial charge in [-0.1, -0.05) is 6.92 Å². The number of aliphatic hydroxyl groups is 1. The zero-order chi connectivity index (χ0) is 14.6. The van der Waals surface area contributed by atoms with Gasteiger partial charge in [-0.2, -0.15) is 0 Å². The highest BCUT2D eigenvalue weighted by Gasteiger charge is 2.38. The second kappa shape index (κ2) is 6.73. The Bertz CT molecular complexity index is 399. The van der Waals surface area contributed by atoms with Crippen LogP contribution in [0, 0.1) is 0 Å². The van der Waals surface area contributed by atoms with Gasteiger partial charge in [0.25, 0.3) is 0 Å². The van der Waals surface area contributed by atoms with Gasteiger partial charge in [0, 0.05) is 24.7 Å². The molecule has 20 heavy (non-hydrogen) atoms. The Hall–Kier alpha value is -0.170. The van der Waals surface area contributed by atoms with E-state index in [0.29, 0.717) is 19.1 Å². The third kappa shape index (κ3) is 3.93. The Morgan fingerprint density at radius 1 is 1.35 bits per heavy atom. The van der Waals surface area contributed by atoms with Crippen molar-refractivity contribution in [3.63, 3.8) is 0 Å². The van der Waals surface area contributed by atoms with Gasteiger partial charge in [-0.15, -0.1) is 0 Å². The topological polar surface area (TPSA) is 69.6 Å². The lowest BCUT2D eigenvalue weighted by Crippen LogP contribution is -2.57. The Balaban J connectivity index is 1.95. The average molecular weight is 304 g/mol. The minimum absolute atomic E-state index is 0.157. The van der Waals surface area contributed by atoms with Gasteiger partial charge in [-0.3, -0.25) is 4.90 Å². The highest BCUT2D eigenvalue weighted by atomic mass is 32.2. The second-order valence-electron chi connectivity index (χ2n) is 6.30. The molecule has 2 unspecified atom stereocenters. The fourth-order valence-electron chi connectivity index (χ4n) is 3.48. The first-order chi connectivity index (χ1) is 9.50. The summed E-state index contributed by atoms with van der Waals surface area (Å²) in [7, 11) is -2.81. The van der Waals surface area contributed by atoms with E-state index in [-0.39, 0.29) is 23.7 Å². The van der Waals surface area contributed by atoms with Crippen LogP contribution >= 0.6 is 0 Å². The predicted octanol–water partition coefficient (Wildman–Crippen LogP) is 0.390. The summed E-state index contributed by atoms with van der Waals surface area (Å²) in [5.74, 6) is 0.579. The minimum atomic E-state index is -2.81. The first-order valence-corrected chi connectivity index (χ1v) is 9.63. The van der Waals surface area contributed by atoms with Crippen LogP contribution in [-0.4, -0.2) is 67.8 Å². The minimum Gasteiger partial charge on any atom is -0.394 e. The van der Waals surface area contributed by atoms with Crippen molar-refractivity contribution in [2.75, 3.05) is 37.7 Å². The molecule has 1 aliphatic carbocycles. The molecule has 1 saturated carbocycles. The molecule has 0 bridgehead atoms. The standard InChI is InChI=1S/C14H28N2O3S/c1-2-6-15-14(12-17)5-3-4-13(11-14)16-7-9-20(18,19)10-8-16/h13,15,17H,2-12H2,1H3. The summed E-state index contributed by atoms with van der Waals surface area (Å²) in [4.78, 5) is 2.32. The van der Waals surface area contributed by atoms with Gasteiger partial charge >= 0.3 is 0 Å². The Kier molecular flexibility index (Phi) is 5.45. The Morgan fingerprint density at radius 3 is 2.65 bits per heavy atom. The molecule has 0 aromatic rings. The van der Waals surface area contributed by atoms with Crippen molar-refractivity contribution >= 4 is 9.84 Å². The van der Waals surface area contributed by atoms with E-state index >= 15 is 0 Å².